The number of H-pyrrole nitrogens is 2. The van der Waals surface area contributed by atoms with E-state index in [0.717, 1.165) is 0 Å². The van der Waals surface area contributed by atoms with Gasteiger partial charge in [0.15, 0.2) is 5.69 Å². The van der Waals surface area contributed by atoms with E-state index in [2.05, 4.69) is 30.7 Å². The van der Waals surface area contributed by atoms with Crippen molar-refractivity contribution in [1.82, 2.24) is 30.7 Å². The van der Waals surface area contributed by atoms with Gasteiger partial charge < -0.3 is 10.3 Å². The molecule has 0 saturated carbocycles. The van der Waals surface area contributed by atoms with Crippen molar-refractivity contribution in [1.29, 1.82) is 0 Å². The SMILES string of the molecule is CC(NC(=O)c1cn[nH]n1)c1ncc[nH]1. The number of carbonyl (C=O) groups is 1. The Kier molecular flexibility index (Phi) is 2.44. The number of nitrogens with zero attached hydrogens (tertiary/aromatic N) is 3. The molecule has 2 aromatic heterocycles. The molecule has 7 nitrogen and oxygen atoms in total. The highest BCUT2D eigenvalue weighted by molar-refractivity contribution is 5.91. The summed E-state index contributed by atoms with van der Waals surface area (Å²) in [5.41, 5.74) is 0.258. The van der Waals surface area contributed by atoms with E-state index in [1.54, 1.807) is 12.4 Å². The third-order valence-corrected chi connectivity index (χ3v) is 1.92. The van der Waals surface area contributed by atoms with Gasteiger partial charge in [-0.25, -0.2) is 4.98 Å². The van der Waals surface area contributed by atoms with Gasteiger partial charge in [0.05, 0.1) is 12.2 Å². The average Bonchev–Trinajstić information content (AvgIpc) is 2.91. The third kappa shape index (κ3) is 2.01. The van der Waals surface area contributed by atoms with Crippen molar-refractivity contribution in [2.75, 3.05) is 0 Å². The topological polar surface area (TPSA) is 99.3 Å². The van der Waals surface area contributed by atoms with E-state index in [1.807, 2.05) is 6.92 Å². The lowest BCUT2D eigenvalue weighted by Crippen LogP contribution is -2.27. The third-order valence-electron chi connectivity index (χ3n) is 1.92. The first kappa shape index (κ1) is 9.38. The largest absolute Gasteiger partial charge is 0.347 e. The molecular weight excluding hydrogens is 196 g/mol. The fourth-order valence-electron chi connectivity index (χ4n) is 1.16. The predicted molar refractivity (Wildman–Crippen MR) is 50.9 cm³/mol. The summed E-state index contributed by atoms with van der Waals surface area (Å²) in [5, 5.41) is 12.3. The van der Waals surface area contributed by atoms with E-state index >= 15 is 0 Å². The quantitative estimate of drug-likeness (QED) is 0.659. The molecule has 1 atom stereocenters. The highest BCUT2D eigenvalue weighted by atomic mass is 16.2. The molecule has 1 unspecified atom stereocenters. The number of aromatic amines is 2. The van der Waals surface area contributed by atoms with Crippen LogP contribution in [0.3, 0.4) is 0 Å². The summed E-state index contributed by atoms with van der Waals surface area (Å²) >= 11 is 0. The maximum Gasteiger partial charge on any atom is 0.274 e. The molecule has 0 aromatic carbocycles. The Hall–Kier alpha value is -2.18. The van der Waals surface area contributed by atoms with Crippen LogP contribution in [0, 0.1) is 0 Å². The Morgan fingerprint density at radius 1 is 1.60 bits per heavy atom. The lowest BCUT2D eigenvalue weighted by atomic mass is 10.3. The van der Waals surface area contributed by atoms with E-state index < -0.39 is 0 Å². The van der Waals surface area contributed by atoms with E-state index in [4.69, 9.17) is 0 Å². The summed E-state index contributed by atoms with van der Waals surface area (Å²) in [5.74, 6) is 0.416. The number of nitrogens with one attached hydrogen (secondary N) is 3. The number of rotatable bonds is 3. The minimum atomic E-state index is -0.285. The summed E-state index contributed by atoms with van der Waals surface area (Å²) in [6.07, 6.45) is 4.70. The maximum absolute atomic E-state index is 11.5. The van der Waals surface area contributed by atoms with Gasteiger partial charge in [0.25, 0.3) is 5.91 Å². The van der Waals surface area contributed by atoms with E-state index in [-0.39, 0.29) is 17.6 Å². The van der Waals surface area contributed by atoms with Gasteiger partial charge in [-0.15, -0.1) is 0 Å². The van der Waals surface area contributed by atoms with Crippen molar-refractivity contribution in [2.24, 2.45) is 0 Å². The molecule has 0 spiro atoms. The molecule has 0 bridgehead atoms. The Balaban J connectivity index is 2.01. The Bertz CT molecular complexity index is 420. The van der Waals surface area contributed by atoms with Crippen molar-refractivity contribution < 1.29 is 4.79 Å². The summed E-state index contributed by atoms with van der Waals surface area (Å²) in [4.78, 5) is 18.5. The van der Waals surface area contributed by atoms with Crippen molar-refractivity contribution in [3.8, 4) is 0 Å². The molecule has 78 valence electrons. The molecule has 3 N–H and O–H groups in total. The molecule has 0 aliphatic heterocycles. The second kappa shape index (κ2) is 3.91. The van der Waals surface area contributed by atoms with Gasteiger partial charge in [-0.2, -0.15) is 15.4 Å². The number of carbonyl (C=O) groups excluding carboxylic acids is 1. The van der Waals surface area contributed by atoms with Gasteiger partial charge in [-0.3, -0.25) is 4.79 Å². The average molecular weight is 206 g/mol. The van der Waals surface area contributed by atoms with Crippen LogP contribution >= 0.6 is 0 Å². The number of amides is 1. The summed E-state index contributed by atoms with van der Waals surface area (Å²) < 4.78 is 0. The lowest BCUT2D eigenvalue weighted by molar-refractivity contribution is 0.0933. The smallest absolute Gasteiger partial charge is 0.274 e. The molecule has 0 radical (unpaired) electrons. The standard InChI is InChI=1S/C8H10N6O/c1-5(7-9-2-3-10-7)12-8(15)6-4-11-14-13-6/h2-5H,1H3,(H,9,10)(H,12,15)(H,11,13,14). The van der Waals surface area contributed by atoms with Crippen molar-refractivity contribution in [2.45, 2.75) is 13.0 Å². The number of hydrogen-bond acceptors (Lipinski definition) is 4. The second-order valence-electron chi connectivity index (χ2n) is 3.02. The van der Waals surface area contributed by atoms with Crippen LogP contribution in [0.15, 0.2) is 18.6 Å². The van der Waals surface area contributed by atoms with Crippen LogP contribution in [0.5, 0.6) is 0 Å². The van der Waals surface area contributed by atoms with Gasteiger partial charge >= 0.3 is 0 Å². The summed E-state index contributed by atoms with van der Waals surface area (Å²) in [7, 11) is 0. The fraction of sp³-hybridized carbons (Fsp3) is 0.250. The van der Waals surface area contributed by atoms with Crippen LogP contribution in [-0.2, 0) is 0 Å². The fourth-order valence-corrected chi connectivity index (χ4v) is 1.16. The van der Waals surface area contributed by atoms with E-state index in [0.29, 0.717) is 5.82 Å². The molecule has 0 aliphatic rings. The Morgan fingerprint density at radius 3 is 3.07 bits per heavy atom. The van der Waals surface area contributed by atoms with Gasteiger partial charge in [-0.05, 0) is 6.92 Å². The highest BCUT2D eigenvalue weighted by Gasteiger charge is 2.14. The first-order valence-electron chi connectivity index (χ1n) is 4.43. The van der Waals surface area contributed by atoms with Gasteiger partial charge in [-0.1, -0.05) is 0 Å². The Morgan fingerprint density at radius 2 is 2.47 bits per heavy atom. The first-order valence-corrected chi connectivity index (χ1v) is 4.43. The minimum Gasteiger partial charge on any atom is -0.347 e. The van der Waals surface area contributed by atoms with E-state index in [9.17, 15) is 4.79 Å². The molecule has 2 aromatic rings. The molecule has 0 fully saturated rings. The molecule has 0 aliphatic carbocycles. The van der Waals surface area contributed by atoms with Gasteiger partial charge in [0, 0.05) is 12.4 Å². The number of aromatic nitrogens is 5. The van der Waals surface area contributed by atoms with Crippen LogP contribution in [0.2, 0.25) is 0 Å². The van der Waals surface area contributed by atoms with Gasteiger partial charge in [0.1, 0.15) is 5.82 Å². The molecular formula is C8H10N6O. The summed E-state index contributed by atoms with van der Waals surface area (Å²) in [6, 6.07) is -0.191. The maximum atomic E-state index is 11.5. The Labute approximate surface area is 85.3 Å². The summed E-state index contributed by atoms with van der Waals surface area (Å²) in [6.45, 7) is 1.83. The van der Waals surface area contributed by atoms with E-state index in [1.165, 1.54) is 6.20 Å². The van der Waals surface area contributed by atoms with Crippen LogP contribution in [0.4, 0.5) is 0 Å². The predicted octanol–water partition coefficient (Wildman–Crippen LogP) is 0.0188. The van der Waals surface area contributed by atoms with Crippen LogP contribution in [-0.4, -0.2) is 31.3 Å². The van der Waals surface area contributed by atoms with Crippen LogP contribution in [0.25, 0.3) is 0 Å². The molecule has 15 heavy (non-hydrogen) atoms. The zero-order valence-corrected chi connectivity index (χ0v) is 8.06. The second-order valence-corrected chi connectivity index (χ2v) is 3.02. The van der Waals surface area contributed by atoms with Gasteiger partial charge in [0.2, 0.25) is 0 Å². The minimum absolute atomic E-state index is 0.191. The molecule has 0 saturated heterocycles. The molecule has 2 rings (SSSR count). The zero-order chi connectivity index (χ0) is 10.7. The van der Waals surface area contributed by atoms with Crippen LogP contribution in [0.1, 0.15) is 29.3 Å². The molecule has 1 amide bonds. The monoisotopic (exact) mass is 206 g/mol. The van der Waals surface area contributed by atoms with Crippen molar-refractivity contribution >= 4 is 5.91 Å². The van der Waals surface area contributed by atoms with Crippen LogP contribution < -0.4 is 5.32 Å². The lowest BCUT2D eigenvalue weighted by Gasteiger charge is -2.09. The zero-order valence-electron chi connectivity index (χ0n) is 8.06. The van der Waals surface area contributed by atoms with Crippen molar-refractivity contribution in [3.63, 3.8) is 0 Å². The highest BCUT2D eigenvalue weighted by Crippen LogP contribution is 2.05. The number of imidazole rings is 1. The van der Waals surface area contributed by atoms with Crippen molar-refractivity contribution in [3.05, 3.63) is 30.1 Å². The normalized spacial score (nSPS) is 12.3. The number of hydrogen-bond donors (Lipinski definition) is 3. The molecule has 2 heterocycles. The first-order chi connectivity index (χ1) is 7.27. The molecule has 7 heteroatoms.